The minimum atomic E-state index is 1.11. The molecule has 8 heavy (non-hydrogen) atoms. The van der Waals surface area contributed by atoms with E-state index in [1.54, 1.807) is 0 Å². The molecular weight excluding hydrogens is 96.1 g/mol. The molecule has 0 aliphatic heterocycles. The van der Waals surface area contributed by atoms with Crippen LogP contribution in [0.3, 0.4) is 0 Å². The van der Waals surface area contributed by atoms with Gasteiger partial charge >= 0.3 is 0 Å². The fraction of sp³-hybridized carbons (Fsp3) is 0.250. The Hall–Kier alpha value is -0.780. The summed E-state index contributed by atoms with van der Waals surface area (Å²) in [6.07, 6.45) is 11.8. The molecule has 0 bridgehead atoms. The molecule has 0 N–H and O–H groups in total. The maximum Gasteiger partial charge on any atom is -0.0157 e. The number of allylic oxidation sites excluding steroid dienone is 6. The fourth-order valence-corrected chi connectivity index (χ4v) is 0.792. The van der Waals surface area contributed by atoms with Crippen LogP contribution in [0.2, 0.25) is 0 Å². The van der Waals surface area contributed by atoms with Crippen LogP contribution in [0.5, 0.6) is 0 Å². The maximum absolute atomic E-state index is 2.21. The van der Waals surface area contributed by atoms with E-state index in [0.29, 0.717) is 0 Å². The van der Waals surface area contributed by atoms with Gasteiger partial charge in [0.15, 0.2) is 0 Å². The lowest BCUT2D eigenvalue weighted by Gasteiger charge is -1.80. The van der Waals surface area contributed by atoms with Crippen molar-refractivity contribution >= 4 is 0 Å². The first kappa shape index (κ1) is 5.36. The summed E-state index contributed by atoms with van der Waals surface area (Å²) in [5, 5.41) is 0. The van der Waals surface area contributed by atoms with Gasteiger partial charge in [-0.25, -0.2) is 0 Å². The van der Waals surface area contributed by atoms with Crippen LogP contribution in [-0.4, -0.2) is 0 Å². The second kappa shape index (κ2) is 2.51. The van der Waals surface area contributed by atoms with Crippen molar-refractivity contribution in [2.45, 2.75) is 13.3 Å². The van der Waals surface area contributed by atoms with Gasteiger partial charge in [-0.1, -0.05) is 30.4 Å². The largest absolute Gasteiger partial charge is 0.0871 e. The molecule has 1 rings (SSSR count). The highest BCUT2D eigenvalue weighted by atomic mass is 13.9. The molecule has 1 aliphatic rings. The quantitative estimate of drug-likeness (QED) is 0.481. The van der Waals surface area contributed by atoms with Gasteiger partial charge in [-0.15, -0.1) is 0 Å². The smallest absolute Gasteiger partial charge is 0.0157 e. The van der Waals surface area contributed by atoms with E-state index in [4.69, 9.17) is 0 Å². The summed E-state index contributed by atoms with van der Waals surface area (Å²) in [4.78, 5) is 0. The van der Waals surface area contributed by atoms with Crippen LogP contribution in [0.1, 0.15) is 13.3 Å². The zero-order chi connectivity index (χ0) is 5.82. The lowest BCUT2D eigenvalue weighted by molar-refractivity contribution is 1.44. The van der Waals surface area contributed by atoms with Crippen LogP contribution in [0.4, 0.5) is 0 Å². The van der Waals surface area contributed by atoms with E-state index < -0.39 is 0 Å². The van der Waals surface area contributed by atoms with Gasteiger partial charge in [-0.05, 0) is 18.9 Å². The summed E-state index contributed by atoms with van der Waals surface area (Å²) < 4.78 is 0. The Bertz CT molecular complexity index is 147. The van der Waals surface area contributed by atoms with Crippen molar-refractivity contribution in [3.63, 3.8) is 0 Å². The molecule has 0 atom stereocenters. The van der Waals surface area contributed by atoms with Crippen LogP contribution in [0.25, 0.3) is 0 Å². The molecule has 0 radical (unpaired) electrons. The summed E-state index contributed by atoms with van der Waals surface area (Å²) in [7, 11) is 0. The maximum atomic E-state index is 2.21. The van der Waals surface area contributed by atoms with Gasteiger partial charge in [0.25, 0.3) is 0 Å². The first-order valence-electron chi connectivity index (χ1n) is 2.93. The van der Waals surface area contributed by atoms with E-state index in [1.807, 2.05) is 6.92 Å². The Balaban J connectivity index is 2.58. The fourth-order valence-electron chi connectivity index (χ4n) is 0.792. The van der Waals surface area contributed by atoms with Crippen LogP contribution in [0.15, 0.2) is 36.0 Å². The Morgan fingerprint density at radius 2 is 2.50 bits per heavy atom. The van der Waals surface area contributed by atoms with Gasteiger partial charge in [-0.2, -0.15) is 0 Å². The van der Waals surface area contributed by atoms with Gasteiger partial charge in [0.2, 0.25) is 0 Å². The molecule has 0 aromatic rings. The second-order valence-corrected chi connectivity index (χ2v) is 1.84. The summed E-state index contributed by atoms with van der Waals surface area (Å²) in [6.45, 7) is 2.03. The van der Waals surface area contributed by atoms with Crippen molar-refractivity contribution in [2.24, 2.45) is 0 Å². The highest BCUT2D eigenvalue weighted by molar-refractivity contribution is 5.35. The van der Waals surface area contributed by atoms with Crippen LogP contribution >= 0.6 is 0 Å². The predicted molar refractivity (Wildman–Crippen MR) is 36.7 cm³/mol. The van der Waals surface area contributed by atoms with E-state index in [9.17, 15) is 0 Å². The molecule has 0 spiro atoms. The molecule has 0 aromatic heterocycles. The second-order valence-electron chi connectivity index (χ2n) is 1.84. The average Bonchev–Trinajstić information content (AvgIpc) is 2.19. The van der Waals surface area contributed by atoms with E-state index >= 15 is 0 Å². The third-order valence-electron chi connectivity index (χ3n) is 1.16. The number of hydrogen-bond donors (Lipinski definition) is 0. The summed E-state index contributed by atoms with van der Waals surface area (Å²) >= 11 is 0. The van der Waals surface area contributed by atoms with Gasteiger partial charge in [0.05, 0.1) is 0 Å². The minimum Gasteiger partial charge on any atom is -0.0871 e. The normalized spacial score (nSPS) is 17.9. The summed E-state index contributed by atoms with van der Waals surface area (Å²) in [6, 6.07) is 0. The van der Waals surface area contributed by atoms with Gasteiger partial charge in [-0.3, -0.25) is 0 Å². The Kier molecular flexibility index (Phi) is 1.68. The molecule has 0 unspecified atom stereocenters. The SMILES string of the molecule is CC=CC1=CCC=C1. The third-order valence-corrected chi connectivity index (χ3v) is 1.16. The van der Waals surface area contributed by atoms with E-state index in [-0.39, 0.29) is 0 Å². The van der Waals surface area contributed by atoms with Crippen molar-refractivity contribution in [3.8, 4) is 0 Å². The summed E-state index contributed by atoms with van der Waals surface area (Å²) in [5.41, 5.74) is 1.34. The molecule has 42 valence electrons. The minimum absolute atomic E-state index is 1.11. The molecule has 0 heteroatoms. The Labute approximate surface area is 50.2 Å². The first-order chi connectivity index (χ1) is 3.93. The zero-order valence-corrected chi connectivity index (χ0v) is 5.09. The first-order valence-corrected chi connectivity index (χ1v) is 2.93. The van der Waals surface area contributed by atoms with Gasteiger partial charge < -0.3 is 0 Å². The topological polar surface area (TPSA) is 0 Å². The third kappa shape index (κ3) is 1.09. The zero-order valence-electron chi connectivity index (χ0n) is 5.09. The van der Waals surface area contributed by atoms with E-state index in [2.05, 4.69) is 30.4 Å². The molecule has 0 fully saturated rings. The standard InChI is InChI=1S/C8H10/c1-2-5-8-6-3-4-7-8/h2-3,5-7H,4H2,1H3. The summed E-state index contributed by atoms with van der Waals surface area (Å²) in [5.74, 6) is 0. The average molecular weight is 106 g/mol. The van der Waals surface area contributed by atoms with Crippen LogP contribution in [-0.2, 0) is 0 Å². The van der Waals surface area contributed by atoms with Gasteiger partial charge in [0.1, 0.15) is 0 Å². The number of hydrogen-bond acceptors (Lipinski definition) is 0. The molecule has 1 aliphatic carbocycles. The molecule has 0 heterocycles. The lowest BCUT2D eigenvalue weighted by atomic mass is 10.3. The Morgan fingerprint density at radius 3 is 3.00 bits per heavy atom. The lowest BCUT2D eigenvalue weighted by Crippen LogP contribution is -1.60. The highest BCUT2D eigenvalue weighted by Gasteiger charge is 1.88. The molecule has 0 saturated carbocycles. The van der Waals surface area contributed by atoms with E-state index in [0.717, 1.165) is 6.42 Å². The predicted octanol–water partition coefficient (Wildman–Crippen LogP) is 2.45. The van der Waals surface area contributed by atoms with Crippen LogP contribution < -0.4 is 0 Å². The Morgan fingerprint density at radius 1 is 1.62 bits per heavy atom. The molecule has 0 nitrogen and oxygen atoms in total. The van der Waals surface area contributed by atoms with E-state index in [1.165, 1.54) is 5.57 Å². The van der Waals surface area contributed by atoms with Crippen molar-refractivity contribution in [2.75, 3.05) is 0 Å². The highest BCUT2D eigenvalue weighted by Crippen LogP contribution is 2.08. The van der Waals surface area contributed by atoms with Crippen molar-refractivity contribution < 1.29 is 0 Å². The molecular formula is C8H10. The van der Waals surface area contributed by atoms with Crippen molar-refractivity contribution in [3.05, 3.63) is 36.0 Å². The molecule has 0 amide bonds. The molecule has 0 aromatic carbocycles. The van der Waals surface area contributed by atoms with Crippen molar-refractivity contribution in [1.82, 2.24) is 0 Å². The van der Waals surface area contributed by atoms with Gasteiger partial charge in [0, 0.05) is 0 Å². The number of rotatable bonds is 1. The monoisotopic (exact) mass is 106 g/mol. The van der Waals surface area contributed by atoms with Crippen LogP contribution in [0, 0.1) is 0 Å². The molecule has 0 saturated heterocycles. The van der Waals surface area contributed by atoms with Crippen molar-refractivity contribution in [1.29, 1.82) is 0 Å².